The smallest absolute Gasteiger partial charge is 0.236 e. The summed E-state index contributed by atoms with van der Waals surface area (Å²) in [5, 5.41) is 0. The van der Waals surface area contributed by atoms with E-state index in [9.17, 15) is 13.2 Å². The highest BCUT2D eigenvalue weighted by atomic mass is 79.9. The van der Waals surface area contributed by atoms with Crippen LogP contribution in [0.2, 0.25) is 0 Å². The molecule has 0 saturated carbocycles. The van der Waals surface area contributed by atoms with Crippen molar-refractivity contribution in [1.82, 2.24) is 0 Å². The van der Waals surface area contributed by atoms with Gasteiger partial charge in [0, 0.05) is 10.0 Å². The largest absolute Gasteiger partial charge is 0.273 e. The molecule has 0 N–H and O–H groups in total. The van der Waals surface area contributed by atoms with Crippen molar-refractivity contribution in [3.05, 3.63) is 34.3 Å². The molecule has 1 atom stereocenters. The van der Waals surface area contributed by atoms with Gasteiger partial charge in [0.2, 0.25) is 0 Å². The van der Waals surface area contributed by atoms with Crippen molar-refractivity contribution < 1.29 is 13.2 Å². The van der Waals surface area contributed by atoms with E-state index in [1.54, 1.807) is 6.07 Å². The highest BCUT2D eigenvalue weighted by molar-refractivity contribution is 9.10. The summed E-state index contributed by atoms with van der Waals surface area (Å²) in [6, 6.07) is 6.03. The van der Waals surface area contributed by atoms with Crippen LogP contribution in [-0.4, -0.2) is 6.43 Å². The third-order valence-corrected chi connectivity index (χ3v) is 2.15. The van der Waals surface area contributed by atoms with Crippen molar-refractivity contribution in [2.75, 3.05) is 0 Å². The van der Waals surface area contributed by atoms with Crippen LogP contribution in [0.15, 0.2) is 28.7 Å². The minimum Gasteiger partial charge on any atom is -0.236 e. The topological polar surface area (TPSA) is 0 Å². The van der Waals surface area contributed by atoms with Gasteiger partial charge in [0.1, 0.15) is 0 Å². The van der Waals surface area contributed by atoms with Gasteiger partial charge in [0.15, 0.2) is 6.17 Å². The molecule has 1 rings (SSSR count). The second kappa shape index (κ2) is 3.94. The Balaban J connectivity index is 2.94. The Kier molecular flexibility index (Phi) is 3.14. The number of alkyl halides is 3. The van der Waals surface area contributed by atoms with Gasteiger partial charge in [-0.3, -0.25) is 0 Å². The first-order valence-corrected chi connectivity index (χ1v) is 4.09. The zero-order valence-corrected chi connectivity index (χ0v) is 7.56. The number of benzene rings is 1. The quantitative estimate of drug-likeness (QED) is 0.737. The Morgan fingerprint density at radius 3 is 2.17 bits per heavy atom. The summed E-state index contributed by atoms with van der Waals surface area (Å²) in [4.78, 5) is 0. The summed E-state index contributed by atoms with van der Waals surface area (Å²) >= 11 is 2.99. The Labute approximate surface area is 76.5 Å². The minimum atomic E-state index is -2.97. The zero-order valence-electron chi connectivity index (χ0n) is 5.98. The lowest BCUT2D eigenvalue weighted by atomic mass is 10.1. The van der Waals surface area contributed by atoms with Gasteiger partial charge in [0.25, 0.3) is 6.43 Å². The van der Waals surface area contributed by atoms with E-state index in [0.717, 1.165) is 0 Å². The fourth-order valence-electron chi connectivity index (χ4n) is 0.834. The first-order valence-electron chi connectivity index (χ1n) is 3.29. The standard InChI is InChI=1S/C8H6BrF3/c9-6-4-2-1-3-5(6)7(10)8(11)12/h1-4,7-8H/t7-/m0/s1. The lowest BCUT2D eigenvalue weighted by Gasteiger charge is -2.08. The van der Waals surface area contributed by atoms with Crippen LogP contribution >= 0.6 is 15.9 Å². The van der Waals surface area contributed by atoms with Crippen LogP contribution in [0.5, 0.6) is 0 Å². The molecule has 0 spiro atoms. The summed E-state index contributed by atoms with van der Waals surface area (Å²) < 4.78 is 36.9. The van der Waals surface area contributed by atoms with Crippen molar-refractivity contribution in [3.8, 4) is 0 Å². The monoisotopic (exact) mass is 238 g/mol. The summed E-state index contributed by atoms with van der Waals surface area (Å²) in [5.74, 6) is 0. The average molecular weight is 239 g/mol. The maximum absolute atomic E-state index is 12.7. The molecule has 0 saturated heterocycles. The fourth-order valence-corrected chi connectivity index (χ4v) is 1.34. The maximum Gasteiger partial charge on any atom is 0.273 e. The number of hydrogen-bond acceptors (Lipinski definition) is 0. The zero-order chi connectivity index (χ0) is 9.14. The predicted molar refractivity (Wildman–Crippen MR) is 44.0 cm³/mol. The van der Waals surface area contributed by atoms with Crippen LogP contribution in [0, 0.1) is 0 Å². The lowest BCUT2D eigenvalue weighted by Crippen LogP contribution is -2.03. The molecule has 66 valence electrons. The highest BCUT2D eigenvalue weighted by Crippen LogP contribution is 2.30. The summed E-state index contributed by atoms with van der Waals surface area (Å²) in [6.07, 6.45) is -5.18. The van der Waals surface area contributed by atoms with Crippen molar-refractivity contribution in [2.45, 2.75) is 12.6 Å². The Hall–Kier alpha value is -0.510. The van der Waals surface area contributed by atoms with E-state index in [1.165, 1.54) is 18.2 Å². The molecule has 1 aromatic rings. The second-order valence-corrected chi connectivity index (χ2v) is 3.11. The molecule has 0 amide bonds. The molecule has 0 aliphatic heterocycles. The van der Waals surface area contributed by atoms with Gasteiger partial charge < -0.3 is 0 Å². The average Bonchev–Trinajstić information content (AvgIpc) is 2.04. The Morgan fingerprint density at radius 2 is 1.67 bits per heavy atom. The molecular formula is C8H6BrF3. The fraction of sp³-hybridized carbons (Fsp3) is 0.250. The summed E-state index contributed by atoms with van der Waals surface area (Å²) in [7, 11) is 0. The van der Waals surface area contributed by atoms with Gasteiger partial charge in [-0.25, -0.2) is 13.2 Å². The van der Waals surface area contributed by atoms with Crippen LogP contribution in [0.3, 0.4) is 0 Å². The molecule has 0 nitrogen and oxygen atoms in total. The van der Waals surface area contributed by atoms with Crippen molar-refractivity contribution >= 4 is 15.9 Å². The minimum absolute atomic E-state index is 0.00694. The Bertz CT molecular complexity index is 262. The first-order chi connectivity index (χ1) is 5.63. The van der Waals surface area contributed by atoms with Crippen LogP contribution in [-0.2, 0) is 0 Å². The van der Waals surface area contributed by atoms with Gasteiger partial charge in [-0.15, -0.1) is 0 Å². The van der Waals surface area contributed by atoms with E-state index in [1.807, 2.05) is 0 Å². The SMILES string of the molecule is FC(F)[C@@H](F)c1ccccc1Br. The van der Waals surface area contributed by atoms with Crippen LogP contribution in [0.4, 0.5) is 13.2 Å². The van der Waals surface area contributed by atoms with Gasteiger partial charge in [-0.2, -0.15) is 0 Å². The van der Waals surface area contributed by atoms with E-state index >= 15 is 0 Å². The highest BCUT2D eigenvalue weighted by Gasteiger charge is 2.22. The molecule has 0 unspecified atom stereocenters. The lowest BCUT2D eigenvalue weighted by molar-refractivity contribution is 0.0492. The van der Waals surface area contributed by atoms with Crippen molar-refractivity contribution in [1.29, 1.82) is 0 Å². The molecule has 4 heteroatoms. The van der Waals surface area contributed by atoms with Crippen LogP contribution < -0.4 is 0 Å². The molecule has 0 aliphatic carbocycles. The maximum atomic E-state index is 12.7. The van der Waals surface area contributed by atoms with Crippen LogP contribution in [0.1, 0.15) is 11.7 Å². The van der Waals surface area contributed by atoms with Crippen molar-refractivity contribution in [2.24, 2.45) is 0 Å². The van der Waals surface area contributed by atoms with Crippen LogP contribution in [0.25, 0.3) is 0 Å². The van der Waals surface area contributed by atoms with Gasteiger partial charge in [-0.1, -0.05) is 34.1 Å². The third kappa shape index (κ3) is 2.00. The van der Waals surface area contributed by atoms with E-state index in [0.29, 0.717) is 4.47 Å². The summed E-state index contributed by atoms with van der Waals surface area (Å²) in [6.45, 7) is 0. The van der Waals surface area contributed by atoms with Gasteiger partial charge in [0.05, 0.1) is 0 Å². The molecule has 0 fully saturated rings. The van der Waals surface area contributed by atoms with E-state index < -0.39 is 12.6 Å². The number of hydrogen-bond donors (Lipinski definition) is 0. The predicted octanol–water partition coefficient (Wildman–Crippen LogP) is 3.72. The third-order valence-electron chi connectivity index (χ3n) is 1.42. The summed E-state index contributed by atoms with van der Waals surface area (Å²) in [5.41, 5.74) is -0.00694. The normalized spacial score (nSPS) is 13.4. The van der Waals surface area contributed by atoms with Crippen molar-refractivity contribution in [3.63, 3.8) is 0 Å². The molecular weight excluding hydrogens is 233 g/mol. The Morgan fingerprint density at radius 1 is 1.08 bits per heavy atom. The molecule has 0 heterocycles. The van der Waals surface area contributed by atoms with Gasteiger partial charge >= 0.3 is 0 Å². The van der Waals surface area contributed by atoms with E-state index in [4.69, 9.17) is 0 Å². The van der Waals surface area contributed by atoms with E-state index in [2.05, 4.69) is 15.9 Å². The number of rotatable bonds is 2. The van der Waals surface area contributed by atoms with E-state index in [-0.39, 0.29) is 5.56 Å². The molecule has 0 aliphatic rings. The molecule has 12 heavy (non-hydrogen) atoms. The first kappa shape index (κ1) is 9.58. The second-order valence-electron chi connectivity index (χ2n) is 2.26. The molecule has 1 aromatic carbocycles. The van der Waals surface area contributed by atoms with Gasteiger partial charge in [-0.05, 0) is 6.07 Å². The number of halogens is 4. The molecule has 0 aromatic heterocycles. The molecule has 0 bridgehead atoms. The molecule has 0 radical (unpaired) electrons.